The summed E-state index contributed by atoms with van der Waals surface area (Å²) in [4.78, 5) is 2.28. The highest BCUT2D eigenvalue weighted by molar-refractivity contribution is 6.31. The minimum atomic E-state index is -0.0589. The first-order valence-corrected chi connectivity index (χ1v) is 6.54. The van der Waals surface area contributed by atoms with Crippen LogP contribution in [-0.4, -0.2) is 29.7 Å². The molecule has 0 bridgehead atoms. The van der Waals surface area contributed by atoms with Crippen molar-refractivity contribution in [2.24, 2.45) is 5.92 Å². The Morgan fingerprint density at radius 1 is 1.41 bits per heavy atom. The van der Waals surface area contributed by atoms with E-state index in [4.69, 9.17) is 11.6 Å². The molecule has 2 nitrogen and oxygen atoms in total. The van der Waals surface area contributed by atoms with Gasteiger partial charge in [-0.15, -0.1) is 0 Å². The van der Waals surface area contributed by atoms with E-state index in [1.807, 2.05) is 6.07 Å². The highest BCUT2D eigenvalue weighted by Gasteiger charge is 2.27. The number of rotatable bonds is 4. The van der Waals surface area contributed by atoms with E-state index >= 15 is 0 Å². The first-order chi connectivity index (χ1) is 8.04. The molecule has 17 heavy (non-hydrogen) atoms. The Morgan fingerprint density at radius 3 is 2.71 bits per heavy atom. The first kappa shape index (κ1) is 12.9. The van der Waals surface area contributed by atoms with Gasteiger partial charge in [-0.3, -0.25) is 0 Å². The molecule has 0 amide bonds. The van der Waals surface area contributed by atoms with Crippen LogP contribution in [0.4, 0.5) is 0 Å². The second kappa shape index (κ2) is 5.38. The minimum absolute atomic E-state index is 0.0589. The maximum atomic E-state index is 9.26. The average molecular weight is 254 g/mol. The van der Waals surface area contributed by atoms with E-state index in [0.29, 0.717) is 5.92 Å². The number of hydrogen-bond acceptors (Lipinski definition) is 2. The number of hydrogen-bond donors (Lipinski definition) is 1. The van der Waals surface area contributed by atoms with Gasteiger partial charge >= 0.3 is 0 Å². The standard InChI is InChI=1S/C14H20ClNO/c1-10-3-4-12(14(15)5-10)9-16(2)8-11-6-13(17)7-11/h3-5,11,13,17H,6-9H2,1-2H3. The number of aliphatic hydroxyl groups is 1. The molecular formula is C14H20ClNO. The Kier molecular flexibility index (Phi) is 4.08. The van der Waals surface area contributed by atoms with Crippen molar-refractivity contribution in [2.75, 3.05) is 13.6 Å². The summed E-state index contributed by atoms with van der Waals surface area (Å²) < 4.78 is 0. The van der Waals surface area contributed by atoms with E-state index in [0.717, 1.165) is 31.0 Å². The molecule has 0 saturated heterocycles. The van der Waals surface area contributed by atoms with E-state index in [1.165, 1.54) is 11.1 Å². The van der Waals surface area contributed by atoms with Crippen LogP contribution in [0.1, 0.15) is 24.0 Å². The Labute approximate surface area is 108 Å². The molecule has 0 heterocycles. The van der Waals surface area contributed by atoms with Crippen LogP contribution in [0.5, 0.6) is 0 Å². The normalized spacial score (nSPS) is 23.8. The molecule has 1 aromatic carbocycles. The molecule has 1 N–H and O–H groups in total. The SMILES string of the molecule is Cc1ccc(CN(C)CC2CC(O)C2)c(Cl)c1. The maximum absolute atomic E-state index is 9.26. The van der Waals surface area contributed by atoms with E-state index in [-0.39, 0.29) is 6.10 Å². The lowest BCUT2D eigenvalue weighted by atomic mass is 9.82. The number of nitrogens with zero attached hydrogens (tertiary/aromatic N) is 1. The van der Waals surface area contributed by atoms with Gasteiger partial charge in [-0.05, 0) is 49.9 Å². The zero-order valence-electron chi connectivity index (χ0n) is 10.5. The topological polar surface area (TPSA) is 23.5 Å². The van der Waals surface area contributed by atoms with E-state index in [2.05, 4.69) is 31.0 Å². The van der Waals surface area contributed by atoms with Crippen molar-refractivity contribution in [2.45, 2.75) is 32.4 Å². The zero-order valence-corrected chi connectivity index (χ0v) is 11.2. The summed E-state index contributed by atoms with van der Waals surface area (Å²) in [5, 5.41) is 10.1. The summed E-state index contributed by atoms with van der Waals surface area (Å²) >= 11 is 6.21. The van der Waals surface area contributed by atoms with Gasteiger partial charge in [0.05, 0.1) is 6.10 Å². The second-order valence-corrected chi connectivity index (χ2v) is 5.69. The minimum Gasteiger partial charge on any atom is -0.393 e. The van der Waals surface area contributed by atoms with Crippen LogP contribution in [-0.2, 0) is 6.54 Å². The molecule has 1 aromatic rings. The van der Waals surface area contributed by atoms with Crippen molar-refractivity contribution in [3.63, 3.8) is 0 Å². The molecule has 1 fully saturated rings. The van der Waals surface area contributed by atoms with E-state index in [9.17, 15) is 5.11 Å². The predicted octanol–water partition coefficient (Wildman–Crippen LogP) is 2.85. The molecule has 1 aliphatic rings. The molecular weight excluding hydrogens is 234 g/mol. The first-order valence-electron chi connectivity index (χ1n) is 6.16. The van der Waals surface area contributed by atoms with Crippen LogP contribution >= 0.6 is 11.6 Å². The highest BCUT2D eigenvalue weighted by atomic mass is 35.5. The second-order valence-electron chi connectivity index (χ2n) is 5.28. The number of aliphatic hydroxyl groups excluding tert-OH is 1. The van der Waals surface area contributed by atoms with Crippen molar-refractivity contribution in [1.29, 1.82) is 0 Å². The molecule has 3 heteroatoms. The Hall–Kier alpha value is -0.570. The quantitative estimate of drug-likeness (QED) is 0.892. The summed E-state index contributed by atoms with van der Waals surface area (Å²) in [6.45, 7) is 3.97. The molecule has 0 aliphatic heterocycles. The van der Waals surface area contributed by atoms with Crippen molar-refractivity contribution >= 4 is 11.6 Å². The monoisotopic (exact) mass is 253 g/mol. The van der Waals surface area contributed by atoms with Crippen LogP contribution in [0.3, 0.4) is 0 Å². The van der Waals surface area contributed by atoms with Gasteiger partial charge in [-0.25, -0.2) is 0 Å². The number of aryl methyl sites for hydroxylation is 1. The van der Waals surface area contributed by atoms with E-state index in [1.54, 1.807) is 0 Å². The molecule has 0 atom stereocenters. The maximum Gasteiger partial charge on any atom is 0.0546 e. The van der Waals surface area contributed by atoms with Gasteiger partial charge in [0.1, 0.15) is 0 Å². The third-order valence-corrected chi connectivity index (χ3v) is 3.78. The molecule has 0 unspecified atom stereocenters. The van der Waals surface area contributed by atoms with Crippen LogP contribution in [0, 0.1) is 12.8 Å². The molecule has 94 valence electrons. The highest BCUT2D eigenvalue weighted by Crippen LogP contribution is 2.28. The summed E-state index contributed by atoms with van der Waals surface area (Å²) in [6, 6.07) is 6.21. The molecule has 2 rings (SSSR count). The zero-order chi connectivity index (χ0) is 12.4. The summed E-state index contributed by atoms with van der Waals surface area (Å²) in [5.74, 6) is 0.652. The van der Waals surface area contributed by atoms with Crippen LogP contribution in [0.15, 0.2) is 18.2 Å². The number of halogens is 1. The van der Waals surface area contributed by atoms with Crippen molar-refractivity contribution < 1.29 is 5.11 Å². The van der Waals surface area contributed by atoms with Crippen molar-refractivity contribution in [3.05, 3.63) is 34.3 Å². The number of benzene rings is 1. The molecule has 1 aliphatic carbocycles. The van der Waals surface area contributed by atoms with Crippen LogP contribution < -0.4 is 0 Å². The fourth-order valence-electron chi connectivity index (χ4n) is 2.43. The van der Waals surface area contributed by atoms with Gasteiger partial charge in [0, 0.05) is 18.1 Å². The van der Waals surface area contributed by atoms with Crippen LogP contribution in [0.2, 0.25) is 5.02 Å². The largest absolute Gasteiger partial charge is 0.393 e. The van der Waals surface area contributed by atoms with Gasteiger partial charge in [-0.2, -0.15) is 0 Å². The Morgan fingerprint density at radius 2 is 2.12 bits per heavy atom. The van der Waals surface area contributed by atoms with Gasteiger partial charge < -0.3 is 10.0 Å². The predicted molar refractivity (Wildman–Crippen MR) is 71.3 cm³/mol. The summed E-state index contributed by atoms with van der Waals surface area (Å²) in [7, 11) is 2.11. The fraction of sp³-hybridized carbons (Fsp3) is 0.571. The lowest BCUT2D eigenvalue weighted by Gasteiger charge is -2.34. The van der Waals surface area contributed by atoms with Gasteiger partial charge in [0.2, 0.25) is 0 Å². The van der Waals surface area contributed by atoms with Gasteiger partial charge in [-0.1, -0.05) is 23.7 Å². The van der Waals surface area contributed by atoms with E-state index < -0.39 is 0 Å². The molecule has 0 spiro atoms. The summed E-state index contributed by atoms with van der Waals surface area (Å²) in [6.07, 6.45) is 1.84. The summed E-state index contributed by atoms with van der Waals surface area (Å²) in [5.41, 5.74) is 2.38. The van der Waals surface area contributed by atoms with Gasteiger partial charge in [0.25, 0.3) is 0 Å². The average Bonchev–Trinajstić information content (AvgIpc) is 2.20. The van der Waals surface area contributed by atoms with Gasteiger partial charge in [0.15, 0.2) is 0 Å². The third-order valence-electron chi connectivity index (χ3n) is 3.43. The Balaban J connectivity index is 1.87. The molecule has 0 radical (unpaired) electrons. The smallest absolute Gasteiger partial charge is 0.0546 e. The third kappa shape index (κ3) is 3.44. The Bertz CT molecular complexity index is 388. The molecule has 1 saturated carbocycles. The van der Waals surface area contributed by atoms with Crippen LogP contribution in [0.25, 0.3) is 0 Å². The van der Waals surface area contributed by atoms with Crippen molar-refractivity contribution in [1.82, 2.24) is 4.90 Å². The lowest BCUT2D eigenvalue weighted by molar-refractivity contribution is 0.0274. The van der Waals surface area contributed by atoms with Crippen molar-refractivity contribution in [3.8, 4) is 0 Å². The fourth-order valence-corrected chi connectivity index (χ4v) is 2.72. The lowest BCUT2D eigenvalue weighted by Crippen LogP contribution is -2.36. The molecule has 0 aromatic heterocycles.